The van der Waals surface area contributed by atoms with Crippen molar-refractivity contribution >= 4 is 18.9 Å². The Morgan fingerprint density at radius 3 is 1.26 bits per heavy atom. The molecule has 0 radical (unpaired) electrons. The molecule has 2 atom stereocenters. The van der Waals surface area contributed by atoms with E-state index in [0.717, 1.165) is 12.8 Å². The van der Waals surface area contributed by atoms with E-state index >= 15 is 0 Å². The minimum atomic E-state index is -3.59. The van der Waals surface area contributed by atoms with Crippen molar-refractivity contribution in [2.75, 3.05) is 0 Å². The highest BCUT2D eigenvalue weighted by Crippen LogP contribution is 2.19. The highest BCUT2D eigenvalue weighted by Gasteiger charge is 2.34. The molecule has 2 aromatic carbocycles. The van der Waals surface area contributed by atoms with Crippen LogP contribution in [0.15, 0.2) is 48.5 Å². The molecule has 0 amide bonds. The largest absolute Gasteiger partial charge is 0.404 e. The molecule has 0 aliphatic rings. The van der Waals surface area contributed by atoms with Gasteiger partial charge in [-0.2, -0.15) is 0 Å². The second-order valence-electron chi connectivity index (χ2n) is 6.53. The Labute approximate surface area is 141 Å². The van der Waals surface area contributed by atoms with Gasteiger partial charge in [-0.15, -0.1) is 0 Å². The average Bonchev–Trinajstić information content (AvgIpc) is 2.60. The van der Waals surface area contributed by atoms with Gasteiger partial charge in [0.1, 0.15) is 0 Å². The molecule has 0 saturated carbocycles. The van der Waals surface area contributed by atoms with Gasteiger partial charge < -0.3 is 9.59 Å². The lowest BCUT2D eigenvalue weighted by Gasteiger charge is -2.20. The smallest absolute Gasteiger partial charge is 0.401 e. The second kappa shape index (κ2) is 7.43. The summed E-state index contributed by atoms with van der Waals surface area (Å²) in [4.78, 5) is 21.4. The van der Waals surface area contributed by atoms with Gasteiger partial charge in [-0.25, -0.2) is 0 Å². The van der Waals surface area contributed by atoms with Crippen LogP contribution in [0.4, 0.5) is 0 Å². The second-order valence-corrected chi connectivity index (χ2v) is 9.03. The first-order chi connectivity index (χ1) is 10.9. The third kappa shape index (κ3) is 3.92. The fraction of sp³-hybridized carbons (Fsp3) is 0.400. The SMILES string of the molecule is CCC(C)c1ccc([Si](O)(O)c2ccc(C(C)CC)cc2)cc1. The van der Waals surface area contributed by atoms with Crippen molar-refractivity contribution in [1.82, 2.24) is 0 Å². The van der Waals surface area contributed by atoms with Crippen LogP contribution in [0.3, 0.4) is 0 Å². The Morgan fingerprint density at radius 2 is 1.00 bits per heavy atom. The molecule has 124 valence electrons. The van der Waals surface area contributed by atoms with Crippen molar-refractivity contribution in [2.24, 2.45) is 0 Å². The van der Waals surface area contributed by atoms with Crippen molar-refractivity contribution < 1.29 is 9.59 Å². The van der Waals surface area contributed by atoms with E-state index in [1.807, 2.05) is 48.5 Å². The van der Waals surface area contributed by atoms with Crippen LogP contribution in [-0.2, 0) is 0 Å². The molecule has 0 aliphatic carbocycles. The first-order valence-electron chi connectivity index (χ1n) is 8.55. The monoisotopic (exact) mass is 328 g/mol. The van der Waals surface area contributed by atoms with E-state index in [2.05, 4.69) is 27.7 Å². The van der Waals surface area contributed by atoms with Gasteiger partial charge in [0.15, 0.2) is 0 Å². The molecule has 3 heteroatoms. The Hall–Kier alpha value is -1.42. The third-order valence-corrected chi connectivity index (χ3v) is 7.27. The molecular weight excluding hydrogens is 300 g/mol. The van der Waals surface area contributed by atoms with E-state index in [4.69, 9.17) is 0 Å². The van der Waals surface area contributed by atoms with E-state index < -0.39 is 8.56 Å². The van der Waals surface area contributed by atoms with E-state index in [1.165, 1.54) is 11.1 Å². The molecule has 0 bridgehead atoms. The van der Waals surface area contributed by atoms with Gasteiger partial charge in [-0.05, 0) is 46.2 Å². The summed E-state index contributed by atoms with van der Waals surface area (Å²) in [7, 11) is -3.59. The highest BCUT2D eigenvalue weighted by molar-refractivity contribution is 6.90. The van der Waals surface area contributed by atoms with Gasteiger partial charge in [0, 0.05) is 0 Å². The average molecular weight is 329 g/mol. The van der Waals surface area contributed by atoms with Gasteiger partial charge in [0.25, 0.3) is 0 Å². The van der Waals surface area contributed by atoms with Crippen molar-refractivity contribution in [2.45, 2.75) is 52.4 Å². The minimum Gasteiger partial charge on any atom is -0.404 e. The molecule has 2 nitrogen and oxygen atoms in total. The first-order valence-corrected chi connectivity index (χ1v) is 10.4. The van der Waals surface area contributed by atoms with Crippen molar-refractivity contribution in [1.29, 1.82) is 0 Å². The molecule has 2 aromatic rings. The summed E-state index contributed by atoms with van der Waals surface area (Å²) in [5.41, 5.74) is 2.49. The first kappa shape index (κ1) is 17.9. The van der Waals surface area contributed by atoms with Gasteiger partial charge in [-0.3, -0.25) is 0 Å². The van der Waals surface area contributed by atoms with Gasteiger partial charge >= 0.3 is 8.56 Å². The summed E-state index contributed by atoms with van der Waals surface area (Å²) in [6, 6.07) is 15.6. The lowest BCUT2D eigenvalue weighted by molar-refractivity contribution is 0.401. The van der Waals surface area contributed by atoms with Crippen LogP contribution in [0.5, 0.6) is 0 Å². The van der Waals surface area contributed by atoms with Crippen molar-refractivity contribution in [3.05, 3.63) is 59.7 Å². The standard InChI is InChI=1S/C20H28O2Si/c1-5-15(3)17-7-11-19(12-8-17)23(21,22)20-13-9-18(10-14-20)16(4)6-2/h7-16,21-22H,5-6H2,1-4H3. The molecule has 0 heterocycles. The van der Waals surface area contributed by atoms with Crippen LogP contribution in [0.1, 0.15) is 63.5 Å². The Morgan fingerprint density at radius 1 is 0.696 bits per heavy atom. The van der Waals surface area contributed by atoms with Crippen LogP contribution < -0.4 is 10.4 Å². The molecule has 0 spiro atoms. The zero-order valence-electron chi connectivity index (χ0n) is 14.6. The Balaban J connectivity index is 2.26. The topological polar surface area (TPSA) is 40.5 Å². The van der Waals surface area contributed by atoms with E-state index in [1.54, 1.807) is 0 Å². The number of hydrogen-bond donors (Lipinski definition) is 2. The number of hydrogen-bond acceptors (Lipinski definition) is 2. The zero-order chi connectivity index (χ0) is 17.0. The predicted octanol–water partition coefficient (Wildman–Crippen LogP) is 3.25. The minimum absolute atomic E-state index is 0.493. The molecule has 0 aliphatic heterocycles. The van der Waals surface area contributed by atoms with Crippen molar-refractivity contribution in [3.8, 4) is 0 Å². The third-order valence-electron chi connectivity index (χ3n) is 4.99. The molecule has 23 heavy (non-hydrogen) atoms. The summed E-state index contributed by atoms with van der Waals surface area (Å²) in [6.07, 6.45) is 2.16. The fourth-order valence-electron chi connectivity index (χ4n) is 2.73. The normalized spacial score (nSPS) is 14.5. The predicted molar refractivity (Wildman–Crippen MR) is 99.8 cm³/mol. The zero-order valence-corrected chi connectivity index (χ0v) is 15.6. The maximum atomic E-state index is 10.7. The van der Waals surface area contributed by atoms with E-state index in [-0.39, 0.29) is 0 Å². The van der Waals surface area contributed by atoms with Crippen molar-refractivity contribution in [3.63, 3.8) is 0 Å². The summed E-state index contributed by atoms with van der Waals surface area (Å²) in [6.45, 7) is 8.69. The highest BCUT2D eigenvalue weighted by atomic mass is 28.4. The Kier molecular flexibility index (Phi) is 5.79. The van der Waals surface area contributed by atoms with Crippen LogP contribution in [0.25, 0.3) is 0 Å². The molecule has 2 unspecified atom stereocenters. The summed E-state index contributed by atoms with van der Waals surface area (Å²) >= 11 is 0. The van der Waals surface area contributed by atoms with Crippen LogP contribution in [0.2, 0.25) is 0 Å². The van der Waals surface area contributed by atoms with Crippen LogP contribution in [0, 0.1) is 0 Å². The van der Waals surface area contributed by atoms with Gasteiger partial charge in [0.2, 0.25) is 0 Å². The van der Waals surface area contributed by atoms with Gasteiger partial charge in [-0.1, -0.05) is 76.2 Å². The fourth-order valence-corrected chi connectivity index (χ4v) is 4.32. The quantitative estimate of drug-likeness (QED) is 0.799. The van der Waals surface area contributed by atoms with E-state index in [0.29, 0.717) is 22.2 Å². The summed E-state index contributed by atoms with van der Waals surface area (Å²) < 4.78 is 0. The van der Waals surface area contributed by atoms with Crippen LogP contribution in [-0.4, -0.2) is 18.2 Å². The molecule has 2 N–H and O–H groups in total. The maximum Gasteiger partial charge on any atom is 0.401 e. The summed E-state index contributed by atoms with van der Waals surface area (Å²) in [5.74, 6) is 0.986. The molecule has 2 rings (SSSR count). The molecule has 0 aromatic heterocycles. The molecule has 0 fully saturated rings. The van der Waals surface area contributed by atoms with E-state index in [9.17, 15) is 9.59 Å². The van der Waals surface area contributed by atoms with Gasteiger partial charge in [0.05, 0.1) is 0 Å². The summed E-state index contributed by atoms with van der Waals surface area (Å²) in [5, 5.41) is 1.28. The number of benzene rings is 2. The van der Waals surface area contributed by atoms with Crippen LogP contribution >= 0.6 is 0 Å². The maximum absolute atomic E-state index is 10.7. The lowest BCUT2D eigenvalue weighted by atomic mass is 9.99. The lowest BCUT2D eigenvalue weighted by Crippen LogP contribution is -2.59. The Bertz CT molecular complexity index is 562. The molecular formula is C20H28O2Si. The number of rotatable bonds is 6. The molecule has 0 saturated heterocycles.